The normalized spacial score (nSPS) is 14.2. The molecule has 2 aromatic rings. The summed E-state index contributed by atoms with van der Waals surface area (Å²) in [7, 11) is 1.81. The number of pyridine rings is 1. The van der Waals surface area contributed by atoms with Gasteiger partial charge >= 0.3 is 0 Å². The standard InChI is InChI=1S/C23H34N6/c1-4-28(21-9-7-8-19(2)16-21)15-12-25-23(24-3)27-18-20-10-11-22(26-17-20)29-13-5-6-14-29/h7-11,16-17H,4-6,12-15,18H2,1-3H3,(H2,24,25,27). The lowest BCUT2D eigenvalue weighted by Crippen LogP contribution is -2.41. The van der Waals surface area contributed by atoms with Crippen LogP contribution in [0.25, 0.3) is 0 Å². The Labute approximate surface area is 175 Å². The molecule has 0 aliphatic carbocycles. The number of nitrogens with zero attached hydrogens (tertiary/aromatic N) is 4. The monoisotopic (exact) mass is 394 g/mol. The molecule has 0 unspecified atom stereocenters. The molecule has 156 valence electrons. The summed E-state index contributed by atoms with van der Waals surface area (Å²) in [6, 6.07) is 12.9. The van der Waals surface area contributed by atoms with Gasteiger partial charge in [0, 0.05) is 58.2 Å². The fraction of sp³-hybridized carbons (Fsp3) is 0.478. The van der Waals surface area contributed by atoms with Crippen molar-refractivity contribution in [3.05, 3.63) is 53.7 Å². The van der Waals surface area contributed by atoms with Crippen molar-refractivity contribution < 1.29 is 0 Å². The predicted octanol–water partition coefficient (Wildman–Crippen LogP) is 3.18. The van der Waals surface area contributed by atoms with Crippen LogP contribution in [0.1, 0.15) is 30.9 Å². The van der Waals surface area contributed by atoms with E-state index in [-0.39, 0.29) is 0 Å². The van der Waals surface area contributed by atoms with Gasteiger partial charge in [0.2, 0.25) is 0 Å². The van der Waals surface area contributed by atoms with Crippen LogP contribution in [0.3, 0.4) is 0 Å². The number of guanidine groups is 1. The number of hydrogen-bond donors (Lipinski definition) is 2. The van der Waals surface area contributed by atoms with E-state index in [0.717, 1.165) is 50.1 Å². The zero-order valence-corrected chi connectivity index (χ0v) is 18.0. The van der Waals surface area contributed by atoms with Crippen molar-refractivity contribution in [2.45, 2.75) is 33.2 Å². The zero-order chi connectivity index (χ0) is 20.5. The highest BCUT2D eigenvalue weighted by Crippen LogP contribution is 2.17. The maximum atomic E-state index is 4.62. The van der Waals surface area contributed by atoms with Crippen LogP contribution in [0.4, 0.5) is 11.5 Å². The molecular weight excluding hydrogens is 360 g/mol. The van der Waals surface area contributed by atoms with E-state index >= 15 is 0 Å². The smallest absolute Gasteiger partial charge is 0.191 e. The molecule has 2 heterocycles. The lowest BCUT2D eigenvalue weighted by molar-refractivity contribution is 0.749. The van der Waals surface area contributed by atoms with Crippen LogP contribution in [0, 0.1) is 6.92 Å². The molecule has 2 N–H and O–H groups in total. The van der Waals surface area contributed by atoms with E-state index in [1.165, 1.54) is 24.1 Å². The quantitative estimate of drug-likeness (QED) is 0.532. The molecule has 6 heteroatoms. The van der Waals surface area contributed by atoms with E-state index < -0.39 is 0 Å². The Morgan fingerprint density at radius 2 is 2.00 bits per heavy atom. The summed E-state index contributed by atoms with van der Waals surface area (Å²) in [6.07, 6.45) is 4.50. The highest BCUT2D eigenvalue weighted by Gasteiger charge is 2.13. The molecule has 1 aromatic carbocycles. The lowest BCUT2D eigenvalue weighted by Gasteiger charge is -2.24. The van der Waals surface area contributed by atoms with Crippen LogP contribution in [0.15, 0.2) is 47.6 Å². The second kappa shape index (κ2) is 10.7. The molecule has 1 aliphatic rings. The molecule has 0 radical (unpaired) electrons. The Hall–Kier alpha value is -2.76. The van der Waals surface area contributed by atoms with Crippen LogP contribution in [-0.4, -0.2) is 50.7 Å². The van der Waals surface area contributed by atoms with Gasteiger partial charge < -0.3 is 20.4 Å². The molecule has 3 rings (SSSR count). The van der Waals surface area contributed by atoms with Crippen LogP contribution in [-0.2, 0) is 6.54 Å². The number of aromatic nitrogens is 1. The first-order valence-corrected chi connectivity index (χ1v) is 10.7. The molecule has 0 atom stereocenters. The largest absolute Gasteiger partial charge is 0.370 e. The molecule has 0 spiro atoms. The Morgan fingerprint density at radius 3 is 2.66 bits per heavy atom. The first kappa shape index (κ1) is 21.0. The van der Waals surface area contributed by atoms with Crippen molar-refractivity contribution in [1.82, 2.24) is 15.6 Å². The average Bonchev–Trinajstić information content (AvgIpc) is 3.29. The minimum atomic E-state index is 0.711. The summed E-state index contributed by atoms with van der Waals surface area (Å²) in [5, 5.41) is 6.80. The lowest BCUT2D eigenvalue weighted by atomic mass is 10.2. The van der Waals surface area contributed by atoms with Crippen molar-refractivity contribution in [2.75, 3.05) is 49.6 Å². The first-order valence-electron chi connectivity index (χ1n) is 10.7. The van der Waals surface area contributed by atoms with Crippen LogP contribution in [0.2, 0.25) is 0 Å². The van der Waals surface area contributed by atoms with Gasteiger partial charge in [0.25, 0.3) is 0 Å². The Kier molecular flexibility index (Phi) is 7.73. The van der Waals surface area contributed by atoms with Gasteiger partial charge in [-0.2, -0.15) is 0 Å². The molecule has 29 heavy (non-hydrogen) atoms. The number of rotatable bonds is 8. The second-order valence-corrected chi connectivity index (χ2v) is 7.49. The molecule has 1 saturated heterocycles. The maximum Gasteiger partial charge on any atom is 0.191 e. The summed E-state index contributed by atoms with van der Waals surface area (Å²) in [6.45, 7) is 10.0. The van der Waals surface area contributed by atoms with Crippen molar-refractivity contribution in [1.29, 1.82) is 0 Å². The number of nitrogens with one attached hydrogen (secondary N) is 2. The fourth-order valence-corrected chi connectivity index (χ4v) is 3.66. The Balaban J connectivity index is 1.44. The summed E-state index contributed by atoms with van der Waals surface area (Å²) >= 11 is 0. The molecule has 1 fully saturated rings. The molecule has 1 aromatic heterocycles. The fourth-order valence-electron chi connectivity index (χ4n) is 3.66. The summed E-state index contributed by atoms with van der Waals surface area (Å²) in [5.74, 6) is 1.90. The third-order valence-electron chi connectivity index (χ3n) is 5.35. The first-order chi connectivity index (χ1) is 14.2. The number of anilines is 2. The topological polar surface area (TPSA) is 55.8 Å². The van der Waals surface area contributed by atoms with Crippen LogP contribution in [0.5, 0.6) is 0 Å². The second-order valence-electron chi connectivity index (χ2n) is 7.49. The van der Waals surface area contributed by atoms with Gasteiger partial charge in [-0.25, -0.2) is 4.98 Å². The van der Waals surface area contributed by atoms with Gasteiger partial charge in [0.05, 0.1) is 0 Å². The highest BCUT2D eigenvalue weighted by molar-refractivity contribution is 5.79. The Morgan fingerprint density at radius 1 is 1.17 bits per heavy atom. The summed E-state index contributed by atoms with van der Waals surface area (Å²) in [4.78, 5) is 13.7. The average molecular weight is 395 g/mol. The van der Waals surface area contributed by atoms with E-state index in [1.54, 1.807) is 0 Å². The molecule has 0 saturated carbocycles. The molecule has 0 amide bonds. The molecule has 6 nitrogen and oxygen atoms in total. The Bertz CT molecular complexity index is 780. The van der Waals surface area contributed by atoms with Crippen molar-refractivity contribution >= 4 is 17.5 Å². The van der Waals surface area contributed by atoms with Crippen LogP contribution >= 0.6 is 0 Å². The minimum absolute atomic E-state index is 0.711. The van der Waals surface area contributed by atoms with E-state index in [2.05, 4.69) is 80.7 Å². The van der Waals surface area contributed by atoms with E-state index in [9.17, 15) is 0 Å². The number of benzene rings is 1. The summed E-state index contributed by atoms with van der Waals surface area (Å²) < 4.78 is 0. The van der Waals surface area contributed by atoms with Crippen LogP contribution < -0.4 is 20.4 Å². The van der Waals surface area contributed by atoms with Gasteiger partial charge in [0.1, 0.15) is 5.82 Å². The molecular formula is C23H34N6. The van der Waals surface area contributed by atoms with Gasteiger partial charge in [-0.3, -0.25) is 4.99 Å². The third kappa shape index (κ3) is 6.11. The number of likely N-dealkylation sites (N-methyl/N-ethyl adjacent to an activating group) is 1. The third-order valence-corrected chi connectivity index (χ3v) is 5.35. The van der Waals surface area contributed by atoms with E-state index in [0.29, 0.717) is 6.54 Å². The molecule has 1 aliphatic heterocycles. The highest BCUT2D eigenvalue weighted by atomic mass is 15.2. The van der Waals surface area contributed by atoms with Gasteiger partial charge in [-0.15, -0.1) is 0 Å². The van der Waals surface area contributed by atoms with Crippen molar-refractivity contribution in [3.8, 4) is 0 Å². The van der Waals surface area contributed by atoms with Crippen molar-refractivity contribution in [3.63, 3.8) is 0 Å². The SMILES string of the molecule is CCN(CCNC(=NC)NCc1ccc(N2CCCC2)nc1)c1cccc(C)c1. The number of hydrogen-bond acceptors (Lipinski definition) is 4. The van der Waals surface area contributed by atoms with Gasteiger partial charge in [-0.1, -0.05) is 18.2 Å². The predicted molar refractivity (Wildman–Crippen MR) is 123 cm³/mol. The van der Waals surface area contributed by atoms with E-state index in [1.807, 2.05) is 13.2 Å². The van der Waals surface area contributed by atoms with Gasteiger partial charge in [-0.05, 0) is 56.0 Å². The van der Waals surface area contributed by atoms with E-state index in [4.69, 9.17) is 0 Å². The maximum absolute atomic E-state index is 4.62. The van der Waals surface area contributed by atoms with Gasteiger partial charge in [0.15, 0.2) is 5.96 Å². The number of aliphatic imine (C=N–C) groups is 1. The zero-order valence-electron chi connectivity index (χ0n) is 18.0. The molecule has 0 bridgehead atoms. The number of aryl methyl sites for hydroxylation is 1. The van der Waals surface area contributed by atoms with Crippen molar-refractivity contribution in [2.24, 2.45) is 4.99 Å². The summed E-state index contributed by atoms with van der Waals surface area (Å²) in [5.41, 5.74) is 3.71. The minimum Gasteiger partial charge on any atom is -0.370 e.